The standard InChI is InChI=1S/C30H34BrNO7/c1-26(2)25-20(33)13-21-29(38-25,39-26)9-8-27(3)28(4)15(11-22(30(21,27)35)37-14-23(34)36-5)10-18-17-12-16(31)6-7-19(17)32-24(18)28/h6-7,12-13,15,22,25,32,35H,8-11,14H2,1-5H3/t15-,22+,25+,27-,28-,29+,30+/m1/s1. The summed E-state index contributed by atoms with van der Waals surface area (Å²) in [6.07, 6.45) is 2.42. The van der Waals surface area contributed by atoms with Crippen molar-refractivity contribution in [3.63, 3.8) is 0 Å². The highest BCUT2D eigenvalue weighted by Crippen LogP contribution is 2.72. The molecule has 1 spiro atoms. The number of benzene rings is 1. The quantitative estimate of drug-likeness (QED) is 0.508. The molecule has 0 amide bonds. The van der Waals surface area contributed by atoms with Gasteiger partial charge < -0.3 is 29.0 Å². The Hall–Kier alpha value is -2.04. The Kier molecular flexibility index (Phi) is 5.19. The number of halogens is 1. The maximum atomic E-state index is 13.4. The number of ketones is 1. The van der Waals surface area contributed by atoms with Crippen LogP contribution in [0.25, 0.3) is 10.9 Å². The van der Waals surface area contributed by atoms with Crippen LogP contribution in [0.3, 0.4) is 0 Å². The summed E-state index contributed by atoms with van der Waals surface area (Å²) < 4.78 is 25.0. The van der Waals surface area contributed by atoms with E-state index in [1.807, 2.05) is 19.9 Å². The van der Waals surface area contributed by atoms with Crippen molar-refractivity contribution in [1.82, 2.24) is 4.98 Å². The molecule has 1 aromatic heterocycles. The van der Waals surface area contributed by atoms with Gasteiger partial charge in [0.2, 0.25) is 0 Å². The molecule has 7 rings (SSSR count). The monoisotopic (exact) mass is 599 g/mol. The largest absolute Gasteiger partial charge is 0.467 e. The lowest BCUT2D eigenvalue weighted by Crippen LogP contribution is -2.74. The van der Waals surface area contributed by atoms with Crippen molar-refractivity contribution in [2.24, 2.45) is 11.3 Å². The van der Waals surface area contributed by atoms with E-state index < -0.39 is 46.0 Å². The second-order valence-electron chi connectivity index (χ2n) is 12.9. The van der Waals surface area contributed by atoms with Crippen LogP contribution >= 0.6 is 15.9 Å². The molecule has 2 N–H and O–H groups in total. The Labute approximate surface area is 235 Å². The molecule has 3 fully saturated rings. The fraction of sp³-hybridized carbons (Fsp3) is 0.600. The van der Waals surface area contributed by atoms with Gasteiger partial charge >= 0.3 is 5.97 Å². The predicted molar refractivity (Wildman–Crippen MR) is 145 cm³/mol. The summed E-state index contributed by atoms with van der Waals surface area (Å²) in [4.78, 5) is 29.3. The Bertz CT molecular complexity index is 1480. The maximum Gasteiger partial charge on any atom is 0.331 e. The molecule has 0 unspecified atom stereocenters. The summed E-state index contributed by atoms with van der Waals surface area (Å²) in [6, 6.07) is 6.25. The van der Waals surface area contributed by atoms with E-state index in [1.165, 1.54) is 18.1 Å². The lowest BCUT2D eigenvalue weighted by Gasteiger charge is -2.67. The topological polar surface area (TPSA) is 107 Å². The van der Waals surface area contributed by atoms with Crippen molar-refractivity contribution < 1.29 is 33.6 Å². The first-order chi connectivity index (χ1) is 18.3. The normalized spacial score (nSPS) is 41.5. The molecule has 3 heterocycles. The lowest BCUT2D eigenvalue weighted by molar-refractivity contribution is -0.280. The van der Waals surface area contributed by atoms with Crippen LogP contribution in [0.1, 0.15) is 58.2 Å². The molecule has 9 heteroatoms. The van der Waals surface area contributed by atoms with Crippen LogP contribution in [0.5, 0.6) is 0 Å². The lowest BCUT2D eigenvalue weighted by atomic mass is 9.41. The van der Waals surface area contributed by atoms with E-state index in [-0.39, 0.29) is 18.3 Å². The van der Waals surface area contributed by atoms with Crippen LogP contribution in [0.2, 0.25) is 0 Å². The van der Waals surface area contributed by atoms with Gasteiger partial charge in [-0.05, 0) is 68.9 Å². The molecule has 2 aromatic rings. The average Bonchev–Trinajstić information content (AvgIpc) is 3.46. The van der Waals surface area contributed by atoms with Crippen LogP contribution in [0.15, 0.2) is 34.3 Å². The van der Waals surface area contributed by atoms with Crippen molar-refractivity contribution in [1.29, 1.82) is 0 Å². The number of nitrogens with one attached hydrogen (secondary N) is 1. The molecule has 0 radical (unpaired) electrons. The van der Waals surface area contributed by atoms with Gasteiger partial charge in [-0.2, -0.15) is 0 Å². The van der Waals surface area contributed by atoms with Crippen molar-refractivity contribution in [3.05, 3.63) is 45.6 Å². The zero-order valence-corrected chi connectivity index (χ0v) is 24.4. The molecule has 2 bridgehead atoms. The van der Waals surface area contributed by atoms with Gasteiger partial charge in [-0.3, -0.25) is 4.79 Å². The first-order valence-corrected chi connectivity index (χ1v) is 14.5. The van der Waals surface area contributed by atoms with Gasteiger partial charge in [-0.1, -0.05) is 29.8 Å². The van der Waals surface area contributed by atoms with E-state index in [1.54, 1.807) is 6.08 Å². The van der Waals surface area contributed by atoms with Crippen molar-refractivity contribution >= 4 is 38.6 Å². The predicted octanol–water partition coefficient (Wildman–Crippen LogP) is 4.25. The molecule has 39 heavy (non-hydrogen) atoms. The summed E-state index contributed by atoms with van der Waals surface area (Å²) in [5.41, 5.74) is 0.0977. The number of aromatic amines is 1. The van der Waals surface area contributed by atoms with E-state index in [4.69, 9.17) is 18.9 Å². The second kappa shape index (κ2) is 7.82. The number of ether oxygens (including phenoxy) is 4. The summed E-state index contributed by atoms with van der Waals surface area (Å²) >= 11 is 3.63. The third-order valence-electron chi connectivity index (χ3n) is 10.9. The number of esters is 1. The number of hydrogen-bond acceptors (Lipinski definition) is 7. The van der Waals surface area contributed by atoms with Crippen molar-refractivity contribution in [3.8, 4) is 0 Å². The molecule has 3 aliphatic carbocycles. The van der Waals surface area contributed by atoms with Gasteiger partial charge in [-0.15, -0.1) is 0 Å². The first-order valence-electron chi connectivity index (χ1n) is 13.7. The highest BCUT2D eigenvalue weighted by Gasteiger charge is 2.78. The number of rotatable bonds is 3. The first kappa shape index (κ1) is 25.9. The number of hydrogen-bond donors (Lipinski definition) is 2. The van der Waals surface area contributed by atoms with Gasteiger partial charge in [0.15, 0.2) is 17.7 Å². The minimum Gasteiger partial charge on any atom is -0.467 e. The highest BCUT2D eigenvalue weighted by molar-refractivity contribution is 9.10. The van der Waals surface area contributed by atoms with Crippen LogP contribution in [-0.4, -0.2) is 64.8 Å². The zero-order valence-electron chi connectivity index (χ0n) is 22.9. The molecule has 1 saturated heterocycles. The van der Waals surface area contributed by atoms with E-state index >= 15 is 0 Å². The Morgan fingerprint density at radius 3 is 2.74 bits per heavy atom. The number of carbonyl (C=O) groups is 2. The minimum atomic E-state index is -1.65. The van der Waals surface area contributed by atoms with Crippen molar-refractivity contribution in [2.75, 3.05) is 13.7 Å². The number of H-pyrrole nitrogens is 1. The summed E-state index contributed by atoms with van der Waals surface area (Å²) in [7, 11) is 1.31. The van der Waals surface area contributed by atoms with Crippen molar-refractivity contribution in [2.45, 2.75) is 88.0 Å². The zero-order chi connectivity index (χ0) is 27.8. The smallest absolute Gasteiger partial charge is 0.331 e. The second-order valence-corrected chi connectivity index (χ2v) is 13.8. The number of aromatic nitrogens is 1. The fourth-order valence-electron chi connectivity index (χ4n) is 8.83. The van der Waals surface area contributed by atoms with Crippen LogP contribution in [0.4, 0.5) is 0 Å². The number of carbonyl (C=O) groups excluding carboxylic acids is 2. The molecular formula is C30H34BrNO7. The molecule has 8 nitrogen and oxygen atoms in total. The molecule has 2 aliphatic heterocycles. The van der Waals surface area contributed by atoms with Crippen LogP contribution in [0, 0.1) is 11.3 Å². The molecule has 208 valence electrons. The van der Waals surface area contributed by atoms with Gasteiger partial charge in [0.25, 0.3) is 0 Å². The van der Waals surface area contributed by atoms with Gasteiger partial charge in [0.1, 0.15) is 17.8 Å². The fourth-order valence-corrected chi connectivity index (χ4v) is 9.20. The molecule has 7 atom stereocenters. The highest BCUT2D eigenvalue weighted by atomic mass is 79.9. The van der Waals surface area contributed by atoms with E-state index in [0.29, 0.717) is 24.8 Å². The van der Waals surface area contributed by atoms with Gasteiger partial charge in [0.05, 0.1) is 13.2 Å². The average molecular weight is 601 g/mol. The number of fused-ring (bicyclic) bond motifs is 9. The van der Waals surface area contributed by atoms with Gasteiger partial charge in [-0.25, -0.2) is 4.79 Å². The maximum absolute atomic E-state index is 13.4. The van der Waals surface area contributed by atoms with E-state index in [0.717, 1.165) is 22.1 Å². The third-order valence-corrected chi connectivity index (χ3v) is 11.4. The third kappa shape index (κ3) is 2.98. The van der Waals surface area contributed by atoms with Gasteiger partial charge in [0, 0.05) is 43.9 Å². The molecule has 1 aromatic carbocycles. The summed E-state index contributed by atoms with van der Waals surface area (Å²) in [5.74, 6) is -1.82. The SMILES string of the molecule is COC(=O)CO[C@H]1C[C@H]2Cc3c([nH]c4ccc(Br)cc34)[C@]2(C)[C@@]2(C)CC[C@@]34O[C@@H](C(=O)C=C3[C@]12O)C(C)(C)O4. The van der Waals surface area contributed by atoms with Crippen LogP contribution < -0.4 is 0 Å². The number of aliphatic hydroxyl groups is 1. The minimum absolute atomic E-state index is 0.138. The summed E-state index contributed by atoms with van der Waals surface area (Å²) in [6.45, 7) is 7.76. The molecular weight excluding hydrogens is 566 g/mol. The van der Waals surface area contributed by atoms with Crippen LogP contribution in [-0.2, 0) is 40.4 Å². The molecule has 2 saturated carbocycles. The Balaban J connectivity index is 1.43. The Morgan fingerprint density at radius 2 is 2.00 bits per heavy atom. The summed E-state index contributed by atoms with van der Waals surface area (Å²) in [5, 5.41) is 14.3. The molecule has 5 aliphatic rings. The van der Waals surface area contributed by atoms with E-state index in [2.05, 4.69) is 46.9 Å². The van der Waals surface area contributed by atoms with E-state index in [9.17, 15) is 14.7 Å². The Morgan fingerprint density at radius 1 is 1.23 bits per heavy atom. The number of methoxy groups -OCH3 is 1.